The fourth-order valence-electron chi connectivity index (χ4n) is 2.91. The summed E-state index contributed by atoms with van der Waals surface area (Å²) in [6, 6.07) is 11.0. The zero-order chi connectivity index (χ0) is 18.2. The smallest absolute Gasteiger partial charge is 0.257 e. The fourth-order valence-corrected chi connectivity index (χ4v) is 3.63. The molecule has 5 rings (SSSR count). The van der Waals surface area contributed by atoms with Gasteiger partial charge < -0.3 is 14.5 Å². The molecule has 0 saturated heterocycles. The molecular formula is C19H14N4O3S. The first-order valence-corrected chi connectivity index (χ1v) is 9.24. The summed E-state index contributed by atoms with van der Waals surface area (Å²) >= 11 is 1.37. The molecule has 0 atom stereocenters. The molecule has 0 aliphatic carbocycles. The van der Waals surface area contributed by atoms with E-state index in [1.165, 1.54) is 11.3 Å². The number of thiazole rings is 1. The van der Waals surface area contributed by atoms with Crippen molar-refractivity contribution >= 4 is 33.4 Å². The van der Waals surface area contributed by atoms with E-state index in [4.69, 9.17) is 9.47 Å². The number of ether oxygens (including phenoxy) is 2. The van der Waals surface area contributed by atoms with Crippen LogP contribution < -0.4 is 14.8 Å². The van der Waals surface area contributed by atoms with E-state index in [1.807, 2.05) is 29.6 Å². The van der Waals surface area contributed by atoms with Gasteiger partial charge in [0.15, 0.2) is 16.6 Å². The van der Waals surface area contributed by atoms with Crippen LogP contribution in [0.15, 0.2) is 48.1 Å². The molecule has 0 fully saturated rings. The zero-order valence-corrected chi connectivity index (χ0v) is 14.9. The zero-order valence-electron chi connectivity index (χ0n) is 14.1. The Kier molecular flexibility index (Phi) is 3.75. The van der Waals surface area contributed by atoms with Crippen LogP contribution in [0.3, 0.4) is 0 Å². The lowest BCUT2D eigenvalue weighted by Crippen LogP contribution is -2.15. The number of benzene rings is 2. The maximum absolute atomic E-state index is 12.5. The number of carbonyl (C=O) groups excluding carboxylic acids is 1. The van der Waals surface area contributed by atoms with Crippen molar-refractivity contribution in [1.82, 2.24) is 15.0 Å². The molecule has 2 aromatic carbocycles. The number of hydrogen-bond acceptors (Lipinski definition) is 6. The molecule has 0 spiro atoms. The number of aromatic nitrogens is 3. The molecule has 0 radical (unpaired) electrons. The molecule has 4 aromatic rings. The van der Waals surface area contributed by atoms with Crippen LogP contribution in [0.1, 0.15) is 10.4 Å². The van der Waals surface area contributed by atoms with Gasteiger partial charge in [0.25, 0.3) is 5.91 Å². The lowest BCUT2D eigenvalue weighted by atomic mass is 10.1. The van der Waals surface area contributed by atoms with Crippen molar-refractivity contribution in [3.05, 3.63) is 53.7 Å². The predicted molar refractivity (Wildman–Crippen MR) is 103 cm³/mol. The maximum Gasteiger partial charge on any atom is 0.257 e. The summed E-state index contributed by atoms with van der Waals surface area (Å²) in [6.45, 7) is 1.10. The number of aromatic amines is 1. The van der Waals surface area contributed by atoms with E-state index in [1.54, 1.807) is 18.5 Å². The van der Waals surface area contributed by atoms with E-state index in [0.717, 1.165) is 28.0 Å². The summed E-state index contributed by atoms with van der Waals surface area (Å²) in [4.78, 5) is 24.2. The second kappa shape index (κ2) is 6.40. The average molecular weight is 378 g/mol. The Hall–Kier alpha value is -3.39. The lowest BCUT2D eigenvalue weighted by Gasteiger charge is -2.18. The molecule has 1 aliphatic rings. The maximum atomic E-state index is 12.5. The first-order valence-electron chi connectivity index (χ1n) is 8.36. The van der Waals surface area contributed by atoms with Gasteiger partial charge in [-0.3, -0.25) is 10.1 Å². The summed E-state index contributed by atoms with van der Waals surface area (Å²) in [5.41, 5.74) is 3.87. The minimum Gasteiger partial charge on any atom is -0.486 e. The Balaban J connectivity index is 1.36. The minimum absolute atomic E-state index is 0.213. The summed E-state index contributed by atoms with van der Waals surface area (Å²) in [5.74, 6) is 1.24. The van der Waals surface area contributed by atoms with Gasteiger partial charge in [-0.05, 0) is 36.4 Å². The molecule has 0 unspecified atom stereocenters. The highest BCUT2D eigenvalue weighted by Gasteiger charge is 2.15. The number of nitrogens with zero attached hydrogens (tertiary/aromatic N) is 2. The quantitative estimate of drug-likeness (QED) is 0.567. The number of anilines is 1. The molecule has 7 nitrogen and oxygen atoms in total. The molecule has 134 valence electrons. The second-order valence-corrected chi connectivity index (χ2v) is 6.84. The van der Waals surface area contributed by atoms with Gasteiger partial charge in [-0.25, -0.2) is 9.97 Å². The molecule has 1 amide bonds. The minimum atomic E-state index is -0.213. The van der Waals surface area contributed by atoms with Crippen molar-refractivity contribution in [3.63, 3.8) is 0 Å². The van der Waals surface area contributed by atoms with Crippen LogP contribution in [0.2, 0.25) is 0 Å². The molecule has 27 heavy (non-hydrogen) atoms. The van der Waals surface area contributed by atoms with Crippen LogP contribution in [0.25, 0.3) is 22.3 Å². The lowest BCUT2D eigenvalue weighted by molar-refractivity contribution is 0.102. The molecule has 1 aliphatic heterocycles. The fraction of sp³-hybridized carbons (Fsp3) is 0.105. The Morgan fingerprint density at radius 2 is 2.00 bits per heavy atom. The molecule has 2 N–H and O–H groups in total. The molecule has 3 heterocycles. The monoisotopic (exact) mass is 378 g/mol. The number of amides is 1. The first-order chi connectivity index (χ1) is 13.3. The second-order valence-electron chi connectivity index (χ2n) is 5.98. The predicted octanol–water partition coefficient (Wildman–Crippen LogP) is 3.71. The Morgan fingerprint density at radius 1 is 1.11 bits per heavy atom. The van der Waals surface area contributed by atoms with Gasteiger partial charge in [-0.1, -0.05) is 0 Å². The number of fused-ring (bicyclic) bond motifs is 2. The molecule has 0 bridgehead atoms. The van der Waals surface area contributed by atoms with Crippen molar-refractivity contribution in [2.75, 3.05) is 18.5 Å². The van der Waals surface area contributed by atoms with Crippen molar-refractivity contribution in [2.45, 2.75) is 0 Å². The first kappa shape index (κ1) is 15.8. The van der Waals surface area contributed by atoms with Crippen molar-refractivity contribution < 1.29 is 14.3 Å². The van der Waals surface area contributed by atoms with Crippen molar-refractivity contribution in [3.8, 4) is 22.8 Å². The molecule has 8 heteroatoms. The SMILES string of the molecule is O=C(Nc1nc(-c2ccc3c(c2)OCCO3)cs1)c1ccc2nc[nH]c2c1. The van der Waals surface area contributed by atoms with E-state index in [0.29, 0.717) is 29.7 Å². The van der Waals surface area contributed by atoms with E-state index < -0.39 is 0 Å². The van der Waals surface area contributed by atoms with Crippen molar-refractivity contribution in [2.24, 2.45) is 0 Å². The third-order valence-corrected chi connectivity index (χ3v) is 5.00. The largest absolute Gasteiger partial charge is 0.486 e. The van der Waals surface area contributed by atoms with Gasteiger partial charge in [0.05, 0.1) is 23.1 Å². The van der Waals surface area contributed by atoms with Crippen LogP contribution in [-0.4, -0.2) is 34.1 Å². The number of H-pyrrole nitrogens is 1. The van der Waals surface area contributed by atoms with Crippen LogP contribution in [0.5, 0.6) is 11.5 Å². The average Bonchev–Trinajstić information content (AvgIpc) is 3.36. The standard InChI is InChI=1S/C19H14N4O3S/c24-18(12-1-3-13-14(7-12)21-10-20-13)23-19-22-15(9-27-19)11-2-4-16-17(8-11)26-6-5-25-16/h1-4,7-10H,5-6H2,(H,20,21)(H,22,23,24). The van der Waals surface area contributed by atoms with Gasteiger partial charge in [0, 0.05) is 16.5 Å². The van der Waals surface area contributed by atoms with E-state index >= 15 is 0 Å². The highest BCUT2D eigenvalue weighted by atomic mass is 32.1. The van der Waals surface area contributed by atoms with E-state index in [9.17, 15) is 4.79 Å². The van der Waals surface area contributed by atoms with E-state index in [-0.39, 0.29) is 5.91 Å². The third-order valence-electron chi connectivity index (χ3n) is 4.25. The van der Waals surface area contributed by atoms with Gasteiger partial charge in [0.1, 0.15) is 13.2 Å². The van der Waals surface area contributed by atoms with Crippen LogP contribution in [0.4, 0.5) is 5.13 Å². The number of carbonyl (C=O) groups is 1. The highest BCUT2D eigenvalue weighted by molar-refractivity contribution is 7.14. The third kappa shape index (κ3) is 3.00. The Labute approximate surface area is 158 Å². The summed E-state index contributed by atoms with van der Waals surface area (Å²) in [6.07, 6.45) is 1.60. The summed E-state index contributed by atoms with van der Waals surface area (Å²) in [7, 11) is 0. The molecule has 2 aromatic heterocycles. The number of rotatable bonds is 3. The number of imidazole rings is 1. The van der Waals surface area contributed by atoms with Crippen LogP contribution in [-0.2, 0) is 0 Å². The van der Waals surface area contributed by atoms with Gasteiger partial charge in [-0.15, -0.1) is 11.3 Å². The summed E-state index contributed by atoms with van der Waals surface area (Å²) in [5, 5.41) is 5.28. The Morgan fingerprint density at radius 3 is 2.93 bits per heavy atom. The van der Waals surface area contributed by atoms with E-state index in [2.05, 4.69) is 20.3 Å². The molecule has 0 saturated carbocycles. The van der Waals surface area contributed by atoms with Gasteiger partial charge in [0.2, 0.25) is 0 Å². The normalized spacial score (nSPS) is 12.9. The summed E-state index contributed by atoms with van der Waals surface area (Å²) < 4.78 is 11.2. The highest BCUT2D eigenvalue weighted by Crippen LogP contribution is 2.35. The Bertz CT molecular complexity index is 1150. The molecular weight excluding hydrogens is 364 g/mol. The van der Waals surface area contributed by atoms with Crippen LogP contribution >= 0.6 is 11.3 Å². The van der Waals surface area contributed by atoms with Crippen LogP contribution in [0, 0.1) is 0 Å². The van der Waals surface area contributed by atoms with Crippen molar-refractivity contribution in [1.29, 1.82) is 0 Å². The number of nitrogens with one attached hydrogen (secondary N) is 2. The topological polar surface area (TPSA) is 89.1 Å². The number of hydrogen-bond donors (Lipinski definition) is 2. The van der Waals surface area contributed by atoms with Gasteiger partial charge >= 0.3 is 0 Å². The van der Waals surface area contributed by atoms with Gasteiger partial charge in [-0.2, -0.15) is 0 Å².